The lowest BCUT2D eigenvalue weighted by molar-refractivity contribution is 0.0525. The minimum Gasteiger partial charge on any atom is -0.468 e. The number of nitrogens with two attached hydrogens (primary N) is 2. The van der Waals surface area contributed by atoms with E-state index in [0.717, 1.165) is 5.56 Å². The van der Waals surface area contributed by atoms with Crippen molar-refractivity contribution in [3.05, 3.63) is 58.0 Å². The van der Waals surface area contributed by atoms with E-state index < -0.39 is 5.97 Å². The average molecular weight is 375 g/mol. The molecule has 0 bridgehead atoms. The highest BCUT2D eigenvalue weighted by molar-refractivity contribution is 6.31. The van der Waals surface area contributed by atoms with E-state index >= 15 is 0 Å². The largest absolute Gasteiger partial charge is 0.468 e. The van der Waals surface area contributed by atoms with Crippen LogP contribution in [0.1, 0.15) is 46.5 Å². The number of nitrogens with zero attached hydrogens (tertiary/aromatic N) is 2. The van der Waals surface area contributed by atoms with Gasteiger partial charge in [-0.3, -0.25) is 0 Å². The number of carbonyl (C=O) groups excluding carboxylic acids is 1. The lowest BCUT2D eigenvalue weighted by Gasteiger charge is -2.24. The molecule has 0 fully saturated rings. The van der Waals surface area contributed by atoms with Crippen molar-refractivity contribution < 1.29 is 13.9 Å². The van der Waals surface area contributed by atoms with E-state index in [9.17, 15) is 4.79 Å². The molecule has 0 radical (unpaired) electrons. The summed E-state index contributed by atoms with van der Waals surface area (Å²) in [6, 6.07) is 7.60. The Morgan fingerprint density at radius 1 is 1.35 bits per heavy atom. The van der Waals surface area contributed by atoms with Crippen molar-refractivity contribution in [3.63, 3.8) is 0 Å². The molecule has 4 N–H and O–H groups in total. The Morgan fingerprint density at radius 3 is 2.81 bits per heavy atom. The molecule has 2 aromatic rings. The van der Waals surface area contributed by atoms with Gasteiger partial charge < -0.3 is 20.6 Å². The van der Waals surface area contributed by atoms with Crippen LogP contribution in [-0.4, -0.2) is 24.2 Å². The Bertz CT molecular complexity index is 884. The summed E-state index contributed by atoms with van der Waals surface area (Å²) >= 11 is 6.34. The Labute approximate surface area is 155 Å². The Morgan fingerprint density at radius 2 is 2.12 bits per heavy atom. The molecule has 7 nitrogen and oxygen atoms in total. The van der Waals surface area contributed by atoms with Gasteiger partial charge in [-0.2, -0.15) is 5.10 Å². The third-order valence-electron chi connectivity index (χ3n) is 4.15. The highest BCUT2D eigenvalue weighted by atomic mass is 35.5. The molecule has 136 valence electrons. The van der Waals surface area contributed by atoms with Gasteiger partial charge in [0.1, 0.15) is 17.6 Å². The number of rotatable bonds is 4. The van der Waals surface area contributed by atoms with Crippen molar-refractivity contribution in [2.75, 3.05) is 6.61 Å². The lowest BCUT2D eigenvalue weighted by atomic mass is 9.81. The molecule has 1 aliphatic carbocycles. The van der Waals surface area contributed by atoms with Crippen LogP contribution in [0.2, 0.25) is 5.02 Å². The fourth-order valence-corrected chi connectivity index (χ4v) is 3.38. The maximum atomic E-state index is 12.2. The van der Waals surface area contributed by atoms with Crippen LogP contribution in [0.4, 0.5) is 0 Å². The zero-order chi connectivity index (χ0) is 18.7. The summed E-state index contributed by atoms with van der Waals surface area (Å²) in [6.07, 6.45) is 2.49. The molecule has 0 saturated heterocycles. The van der Waals surface area contributed by atoms with E-state index in [1.807, 2.05) is 24.3 Å². The summed E-state index contributed by atoms with van der Waals surface area (Å²) in [5.41, 5.74) is 13.3. The predicted molar refractivity (Wildman–Crippen MR) is 99.5 cm³/mol. The van der Waals surface area contributed by atoms with Crippen LogP contribution in [0.5, 0.6) is 0 Å². The number of hydrogen-bond donors (Lipinski definition) is 2. The first-order valence-electron chi connectivity index (χ1n) is 8.19. The second-order valence-electron chi connectivity index (χ2n) is 5.87. The second kappa shape index (κ2) is 7.61. The molecule has 3 rings (SSSR count). The molecule has 1 aromatic heterocycles. The fraction of sp³-hybridized carbons (Fsp3) is 0.278. The van der Waals surface area contributed by atoms with Gasteiger partial charge >= 0.3 is 5.97 Å². The number of halogens is 1. The standard InChI is InChI=1S/C18H19ClN4O3/c1-2-25-17(24)12-9-26-15-8-10(11-5-3-4-6-13(11)19)7-14(16(12)15)22-23-18(20)21/h3-6,9-10H,2,7-8H2,1H3,(H4,20,21,23)/b22-14+. The highest BCUT2D eigenvalue weighted by Gasteiger charge is 2.33. The summed E-state index contributed by atoms with van der Waals surface area (Å²) in [5.74, 6) is 0.0327. The van der Waals surface area contributed by atoms with Gasteiger partial charge in [0.15, 0.2) is 0 Å². The number of carbonyl (C=O) groups is 1. The van der Waals surface area contributed by atoms with Crippen LogP contribution >= 0.6 is 11.6 Å². The van der Waals surface area contributed by atoms with E-state index in [-0.39, 0.29) is 18.5 Å². The molecule has 1 unspecified atom stereocenters. The topological polar surface area (TPSA) is 116 Å². The number of fused-ring (bicyclic) bond motifs is 1. The van der Waals surface area contributed by atoms with Crippen LogP contribution < -0.4 is 11.5 Å². The first-order valence-corrected chi connectivity index (χ1v) is 8.56. The van der Waals surface area contributed by atoms with Crippen LogP contribution in [0.3, 0.4) is 0 Å². The molecule has 0 aliphatic heterocycles. The maximum absolute atomic E-state index is 12.2. The van der Waals surface area contributed by atoms with Crippen molar-refractivity contribution in [2.45, 2.75) is 25.7 Å². The Balaban J connectivity index is 2.06. The Kier molecular flexibility index (Phi) is 5.27. The third kappa shape index (κ3) is 3.57. The molecule has 0 amide bonds. The molecule has 8 heteroatoms. The van der Waals surface area contributed by atoms with Crippen LogP contribution in [0.15, 0.2) is 45.1 Å². The van der Waals surface area contributed by atoms with Crippen LogP contribution in [0, 0.1) is 0 Å². The molecule has 1 aliphatic rings. The van der Waals surface area contributed by atoms with Gasteiger partial charge in [-0.15, -0.1) is 5.10 Å². The number of esters is 1. The number of guanidine groups is 1. The van der Waals surface area contributed by atoms with Gasteiger partial charge in [-0.1, -0.05) is 29.8 Å². The molecule has 1 heterocycles. The third-order valence-corrected chi connectivity index (χ3v) is 4.50. The van der Waals surface area contributed by atoms with Gasteiger partial charge in [0.05, 0.1) is 17.9 Å². The summed E-state index contributed by atoms with van der Waals surface area (Å²) in [7, 11) is 0. The van der Waals surface area contributed by atoms with Crippen molar-refractivity contribution in [1.82, 2.24) is 0 Å². The zero-order valence-corrected chi connectivity index (χ0v) is 15.0. The van der Waals surface area contributed by atoms with Crippen molar-refractivity contribution in [3.8, 4) is 0 Å². The van der Waals surface area contributed by atoms with Crippen molar-refractivity contribution >= 4 is 29.2 Å². The molecule has 0 saturated carbocycles. The van der Waals surface area contributed by atoms with Crippen LogP contribution in [0.25, 0.3) is 0 Å². The second-order valence-corrected chi connectivity index (χ2v) is 6.27. The van der Waals surface area contributed by atoms with E-state index in [4.69, 9.17) is 32.2 Å². The fourth-order valence-electron chi connectivity index (χ4n) is 3.09. The molecular formula is C18H19ClN4O3. The number of ether oxygens (including phenoxy) is 1. The summed E-state index contributed by atoms with van der Waals surface area (Å²) in [5, 5.41) is 8.57. The maximum Gasteiger partial charge on any atom is 0.342 e. The van der Waals surface area contributed by atoms with Gasteiger partial charge in [-0.25, -0.2) is 4.79 Å². The number of benzene rings is 1. The minimum atomic E-state index is -0.467. The lowest BCUT2D eigenvalue weighted by Crippen LogP contribution is -2.24. The van der Waals surface area contributed by atoms with Crippen molar-refractivity contribution in [2.24, 2.45) is 21.7 Å². The molecule has 1 atom stereocenters. The monoisotopic (exact) mass is 374 g/mol. The summed E-state index contributed by atoms with van der Waals surface area (Å²) in [4.78, 5) is 12.2. The van der Waals surface area contributed by atoms with E-state index in [0.29, 0.717) is 40.5 Å². The molecule has 1 aromatic carbocycles. The SMILES string of the molecule is CCOC(=O)c1coc2c1/C(=N/N=C(N)N)CC(c1ccccc1Cl)C2. The number of hydrogen-bond acceptors (Lipinski definition) is 5. The van der Waals surface area contributed by atoms with Gasteiger partial charge in [0.25, 0.3) is 0 Å². The quantitative estimate of drug-likeness (QED) is 0.369. The first kappa shape index (κ1) is 18.0. The Hall–Kier alpha value is -2.80. The molecular weight excluding hydrogens is 356 g/mol. The average Bonchev–Trinajstić information content (AvgIpc) is 3.04. The van der Waals surface area contributed by atoms with E-state index in [1.54, 1.807) is 6.92 Å². The van der Waals surface area contributed by atoms with Gasteiger partial charge in [-0.05, 0) is 30.9 Å². The van der Waals surface area contributed by atoms with Crippen molar-refractivity contribution in [1.29, 1.82) is 0 Å². The normalized spacial score (nSPS) is 17.6. The highest BCUT2D eigenvalue weighted by Crippen LogP contribution is 2.38. The summed E-state index contributed by atoms with van der Waals surface area (Å²) < 4.78 is 10.7. The molecule has 26 heavy (non-hydrogen) atoms. The predicted octanol–water partition coefficient (Wildman–Crippen LogP) is 2.82. The first-order chi connectivity index (χ1) is 12.5. The van der Waals surface area contributed by atoms with E-state index in [2.05, 4.69) is 10.2 Å². The van der Waals surface area contributed by atoms with E-state index in [1.165, 1.54) is 6.26 Å². The minimum absolute atomic E-state index is 0.0327. The van der Waals surface area contributed by atoms with Gasteiger partial charge in [0, 0.05) is 11.4 Å². The molecule has 0 spiro atoms. The summed E-state index contributed by atoms with van der Waals surface area (Å²) in [6.45, 7) is 2.01. The van der Waals surface area contributed by atoms with Gasteiger partial charge in [0.2, 0.25) is 5.96 Å². The number of furan rings is 1. The zero-order valence-electron chi connectivity index (χ0n) is 14.2. The smallest absolute Gasteiger partial charge is 0.342 e. The van der Waals surface area contributed by atoms with Crippen LogP contribution in [-0.2, 0) is 11.2 Å².